The van der Waals surface area contributed by atoms with E-state index in [-0.39, 0.29) is 16.5 Å². The Hall–Kier alpha value is -0.890. The summed E-state index contributed by atoms with van der Waals surface area (Å²) in [6.45, 7) is -0.247. The zero-order valence-corrected chi connectivity index (χ0v) is 11.0. The van der Waals surface area contributed by atoms with Crippen molar-refractivity contribution < 1.29 is 13.5 Å². The maximum atomic E-state index is 12.1. The fraction of sp³-hybridized carbons (Fsp3) is 0.500. The quantitative estimate of drug-likeness (QED) is 0.739. The maximum absolute atomic E-state index is 12.1. The van der Waals surface area contributed by atoms with Crippen molar-refractivity contribution in [2.75, 3.05) is 6.61 Å². The number of H-pyrrole nitrogens is 1. The minimum absolute atomic E-state index is 0.119. The average Bonchev–Trinajstić information content (AvgIpc) is 2.27. The van der Waals surface area contributed by atoms with Gasteiger partial charge in [0.2, 0.25) is 10.0 Å². The van der Waals surface area contributed by atoms with Crippen LogP contribution in [0, 0.1) is 0 Å². The van der Waals surface area contributed by atoms with Crippen LogP contribution in [0.3, 0.4) is 0 Å². The summed E-state index contributed by atoms with van der Waals surface area (Å²) in [5, 5.41) is 9.04. The van der Waals surface area contributed by atoms with Gasteiger partial charge in [0, 0.05) is 6.20 Å². The van der Waals surface area contributed by atoms with Gasteiger partial charge in [0.25, 0.3) is 5.56 Å². The highest BCUT2D eigenvalue weighted by atomic mass is 35.5. The second-order valence-electron chi connectivity index (χ2n) is 4.41. The second-order valence-corrected chi connectivity index (χ2v) is 6.50. The van der Waals surface area contributed by atoms with Crippen molar-refractivity contribution in [3.8, 4) is 0 Å². The summed E-state index contributed by atoms with van der Waals surface area (Å²) in [6, 6.07) is 1.09. The molecule has 8 heteroatoms. The third-order valence-corrected chi connectivity index (χ3v) is 4.94. The van der Waals surface area contributed by atoms with Crippen LogP contribution in [-0.2, 0) is 10.0 Å². The van der Waals surface area contributed by atoms with Crippen LogP contribution in [0.15, 0.2) is 22.0 Å². The van der Waals surface area contributed by atoms with Crippen LogP contribution in [-0.4, -0.2) is 30.7 Å². The van der Waals surface area contributed by atoms with E-state index in [9.17, 15) is 18.3 Å². The van der Waals surface area contributed by atoms with Gasteiger partial charge in [-0.05, 0) is 25.3 Å². The lowest BCUT2D eigenvalue weighted by atomic mass is 9.78. The summed E-state index contributed by atoms with van der Waals surface area (Å²) < 4.78 is 26.6. The number of halogens is 1. The maximum Gasteiger partial charge on any atom is 0.266 e. The Kier molecular flexibility index (Phi) is 3.50. The van der Waals surface area contributed by atoms with Crippen molar-refractivity contribution in [3.63, 3.8) is 0 Å². The molecule has 0 radical (unpaired) electrons. The Bertz CT molecular complexity index is 601. The molecule has 6 nitrogen and oxygen atoms in total. The van der Waals surface area contributed by atoms with Crippen LogP contribution in [0.1, 0.15) is 19.3 Å². The third kappa shape index (κ3) is 2.44. The molecular weight excluding hydrogens is 280 g/mol. The molecule has 0 aromatic carbocycles. The van der Waals surface area contributed by atoms with Crippen LogP contribution >= 0.6 is 11.6 Å². The normalized spacial score (nSPS) is 18.3. The van der Waals surface area contributed by atoms with Gasteiger partial charge < -0.3 is 10.1 Å². The predicted octanol–water partition coefficient (Wildman–Crippen LogP) is 0.222. The molecule has 0 amide bonds. The second kappa shape index (κ2) is 4.65. The van der Waals surface area contributed by atoms with Crippen molar-refractivity contribution >= 4 is 21.6 Å². The smallest absolute Gasteiger partial charge is 0.266 e. The van der Waals surface area contributed by atoms with E-state index in [4.69, 9.17) is 11.6 Å². The summed E-state index contributed by atoms with van der Waals surface area (Å²) in [6.07, 6.45) is 3.15. The fourth-order valence-electron chi connectivity index (χ4n) is 1.83. The summed E-state index contributed by atoms with van der Waals surface area (Å²) in [5.74, 6) is 0. The molecule has 0 atom stereocenters. The Morgan fingerprint density at radius 1 is 1.50 bits per heavy atom. The molecule has 1 heterocycles. The van der Waals surface area contributed by atoms with Gasteiger partial charge in [0.1, 0.15) is 5.02 Å². The summed E-state index contributed by atoms with van der Waals surface area (Å²) in [5.41, 5.74) is -1.32. The first-order chi connectivity index (χ1) is 8.38. The number of aromatic amines is 1. The topological polar surface area (TPSA) is 99.3 Å². The summed E-state index contributed by atoms with van der Waals surface area (Å²) in [4.78, 5) is 13.2. The molecule has 1 aliphatic carbocycles. The molecule has 0 aliphatic heterocycles. The predicted molar refractivity (Wildman–Crippen MR) is 66.1 cm³/mol. The molecule has 1 aliphatic rings. The third-order valence-electron chi connectivity index (χ3n) is 3.11. The number of hydrogen-bond acceptors (Lipinski definition) is 4. The lowest BCUT2D eigenvalue weighted by Gasteiger charge is -2.40. The minimum Gasteiger partial charge on any atom is -0.394 e. The number of sulfonamides is 1. The molecule has 3 N–H and O–H groups in total. The van der Waals surface area contributed by atoms with E-state index < -0.39 is 21.1 Å². The van der Waals surface area contributed by atoms with E-state index in [1.54, 1.807) is 0 Å². The number of hydrogen-bond donors (Lipinski definition) is 3. The SMILES string of the molecule is O=c1[nH]cc(S(=O)(=O)NC2(CO)CCC2)cc1Cl. The molecule has 18 heavy (non-hydrogen) atoms. The number of aliphatic hydroxyl groups excluding tert-OH is 1. The minimum atomic E-state index is -3.79. The Balaban J connectivity index is 2.30. The zero-order valence-electron chi connectivity index (χ0n) is 9.44. The van der Waals surface area contributed by atoms with Crippen molar-refractivity contribution in [3.05, 3.63) is 27.6 Å². The van der Waals surface area contributed by atoms with Crippen molar-refractivity contribution in [2.24, 2.45) is 0 Å². The first-order valence-electron chi connectivity index (χ1n) is 5.42. The van der Waals surface area contributed by atoms with Gasteiger partial charge in [0.15, 0.2) is 0 Å². The van der Waals surface area contributed by atoms with Gasteiger partial charge in [-0.15, -0.1) is 0 Å². The Morgan fingerprint density at radius 2 is 2.17 bits per heavy atom. The zero-order chi connectivity index (χ0) is 13.4. The lowest BCUT2D eigenvalue weighted by molar-refractivity contribution is 0.110. The van der Waals surface area contributed by atoms with E-state index in [2.05, 4.69) is 9.71 Å². The highest BCUT2D eigenvalue weighted by molar-refractivity contribution is 7.89. The molecule has 1 aromatic heterocycles. The largest absolute Gasteiger partial charge is 0.394 e. The number of rotatable bonds is 4. The van der Waals surface area contributed by atoms with Gasteiger partial charge in [-0.25, -0.2) is 13.1 Å². The van der Waals surface area contributed by atoms with Gasteiger partial charge in [-0.1, -0.05) is 11.6 Å². The average molecular weight is 293 g/mol. The lowest BCUT2D eigenvalue weighted by Crippen LogP contribution is -2.56. The van der Waals surface area contributed by atoms with Gasteiger partial charge in [-0.3, -0.25) is 4.79 Å². The number of nitrogens with one attached hydrogen (secondary N) is 2. The van der Waals surface area contributed by atoms with E-state index in [1.807, 2.05) is 0 Å². The fourth-order valence-corrected chi connectivity index (χ4v) is 3.51. The van der Waals surface area contributed by atoms with E-state index >= 15 is 0 Å². The standard InChI is InChI=1S/C10H13ClN2O4S/c11-8-4-7(5-12-9(8)15)18(16,17)13-10(6-14)2-1-3-10/h4-5,13-14H,1-3,6H2,(H,12,15). The molecule has 1 aromatic rings. The number of aliphatic hydroxyl groups is 1. The van der Waals surface area contributed by atoms with Gasteiger partial charge >= 0.3 is 0 Å². The molecule has 2 rings (SSSR count). The molecule has 1 saturated carbocycles. The Morgan fingerprint density at radius 3 is 2.61 bits per heavy atom. The Labute approximate surface area is 109 Å². The van der Waals surface area contributed by atoms with E-state index in [0.717, 1.165) is 18.7 Å². The molecular formula is C10H13ClN2O4S. The monoisotopic (exact) mass is 292 g/mol. The van der Waals surface area contributed by atoms with E-state index in [1.165, 1.54) is 0 Å². The van der Waals surface area contributed by atoms with Crippen LogP contribution < -0.4 is 10.3 Å². The van der Waals surface area contributed by atoms with Crippen molar-refractivity contribution in [1.82, 2.24) is 9.71 Å². The van der Waals surface area contributed by atoms with E-state index in [0.29, 0.717) is 12.8 Å². The van der Waals surface area contributed by atoms with Crippen LogP contribution in [0.25, 0.3) is 0 Å². The molecule has 0 spiro atoms. The number of aromatic nitrogens is 1. The highest BCUT2D eigenvalue weighted by Crippen LogP contribution is 2.32. The van der Waals surface area contributed by atoms with Crippen LogP contribution in [0.4, 0.5) is 0 Å². The van der Waals surface area contributed by atoms with Crippen molar-refractivity contribution in [1.29, 1.82) is 0 Å². The van der Waals surface area contributed by atoms with Crippen molar-refractivity contribution in [2.45, 2.75) is 29.7 Å². The summed E-state index contributed by atoms with van der Waals surface area (Å²) >= 11 is 5.59. The van der Waals surface area contributed by atoms with Crippen LogP contribution in [0.2, 0.25) is 5.02 Å². The molecule has 100 valence electrons. The van der Waals surface area contributed by atoms with Gasteiger partial charge in [0.05, 0.1) is 17.0 Å². The van der Waals surface area contributed by atoms with Crippen LogP contribution in [0.5, 0.6) is 0 Å². The first kappa shape index (κ1) is 13.5. The molecule has 0 unspecified atom stereocenters. The molecule has 0 bridgehead atoms. The highest BCUT2D eigenvalue weighted by Gasteiger charge is 2.40. The summed E-state index contributed by atoms with van der Waals surface area (Å²) in [7, 11) is -3.79. The van der Waals surface area contributed by atoms with Gasteiger partial charge in [-0.2, -0.15) is 0 Å². The number of pyridine rings is 1. The molecule has 0 saturated heterocycles. The molecule has 1 fully saturated rings. The first-order valence-corrected chi connectivity index (χ1v) is 7.28.